The summed E-state index contributed by atoms with van der Waals surface area (Å²) >= 11 is 0. The molecule has 6 nitrogen and oxygen atoms in total. The average Bonchev–Trinajstić information content (AvgIpc) is 3.22. The molecule has 0 spiro atoms. The Morgan fingerprint density at radius 1 is 1.23 bits per heavy atom. The highest BCUT2D eigenvalue weighted by molar-refractivity contribution is 5.91. The van der Waals surface area contributed by atoms with E-state index in [2.05, 4.69) is 11.0 Å². The van der Waals surface area contributed by atoms with Crippen LogP contribution in [-0.4, -0.2) is 54.1 Å². The highest BCUT2D eigenvalue weighted by atomic mass is 16.5. The normalized spacial score (nSPS) is 23.3. The largest absolute Gasteiger partial charge is 0.459 e. The minimum atomic E-state index is -0.0616. The minimum absolute atomic E-state index is 0.0356. The Labute approximate surface area is 152 Å². The zero-order chi connectivity index (χ0) is 17.9. The molecule has 0 saturated carbocycles. The van der Waals surface area contributed by atoms with Crippen molar-refractivity contribution in [2.24, 2.45) is 0 Å². The van der Waals surface area contributed by atoms with E-state index in [1.807, 2.05) is 29.2 Å². The van der Waals surface area contributed by atoms with Crippen molar-refractivity contribution < 1.29 is 13.9 Å². The van der Waals surface area contributed by atoms with Crippen molar-refractivity contribution in [1.82, 2.24) is 9.80 Å². The van der Waals surface area contributed by atoms with Gasteiger partial charge in [0.15, 0.2) is 5.76 Å². The van der Waals surface area contributed by atoms with Gasteiger partial charge in [-0.05, 0) is 36.2 Å². The Bertz CT molecular complexity index is 795. The molecule has 0 unspecified atom stereocenters. The van der Waals surface area contributed by atoms with Gasteiger partial charge in [0.2, 0.25) is 0 Å². The number of piperidine rings is 1. The molecule has 0 aliphatic carbocycles. The van der Waals surface area contributed by atoms with Crippen LogP contribution in [0.4, 0.5) is 0 Å². The van der Waals surface area contributed by atoms with Gasteiger partial charge in [0.05, 0.1) is 36.6 Å². The minimum Gasteiger partial charge on any atom is -0.459 e. The van der Waals surface area contributed by atoms with E-state index >= 15 is 0 Å². The van der Waals surface area contributed by atoms with Crippen LogP contribution in [0.5, 0.6) is 0 Å². The second-order valence-electron chi connectivity index (χ2n) is 6.78. The van der Waals surface area contributed by atoms with Crippen molar-refractivity contribution in [3.63, 3.8) is 0 Å². The van der Waals surface area contributed by atoms with Crippen LogP contribution in [0.2, 0.25) is 0 Å². The van der Waals surface area contributed by atoms with E-state index in [1.165, 1.54) is 11.8 Å². The summed E-state index contributed by atoms with van der Waals surface area (Å²) in [5.41, 5.74) is 1.84. The second kappa shape index (κ2) is 7.32. The van der Waals surface area contributed by atoms with Crippen LogP contribution in [0.1, 0.15) is 28.1 Å². The third-order valence-electron chi connectivity index (χ3n) is 5.15. The summed E-state index contributed by atoms with van der Waals surface area (Å²) in [5.74, 6) is 0.323. The van der Waals surface area contributed by atoms with E-state index in [0.717, 1.165) is 26.1 Å². The number of hydrogen-bond acceptors (Lipinski definition) is 5. The molecule has 26 heavy (non-hydrogen) atoms. The lowest BCUT2D eigenvalue weighted by atomic mass is 9.97. The van der Waals surface area contributed by atoms with E-state index in [1.54, 1.807) is 12.1 Å². The fraction of sp³-hybridized carbons (Fsp3) is 0.400. The highest BCUT2D eigenvalue weighted by Crippen LogP contribution is 2.26. The Balaban J connectivity index is 1.46. The molecule has 3 heterocycles. The van der Waals surface area contributed by atoms with Crippen molar-refractivity contribution in [3.05, 3.63) is 59.5 Å². The van der Waals surface area contributed by atoms with Crippen LogP contribution in [0.25, 0.3) is 0 Å². The number of fused-ring (bicyclic) bond motifs is 1. The Morgan fingerprint density at radius 2 is 2.08 bits per heavy atom. The lowest BCUT2D eigenvalue weighted by molar-refractivity contribution is -0.0919. The standard InChI is InChI=1S/C20H21N3O3/c21-12-15-3-5-16(6-4-15)13-22-8-7-18-17(14-22)23(9-11-26-18)20(24)19-2-1-10-25-19/h1-6,10,17-18H,7-9,11,13-14H2/t17-,18-/m0/s1. The number of carbonyl (C=O) groups is 1. The van der Waals surface area contributed by atoms with Gasteiger partial charge in [0.25, 0.3) is 5.91 Å². The molecule has 2 aliphatic heterocycles. The molecule has 2 fully saturated rings. The summed E-state index contributed by atoms with van der Waals surface area (Å²) in [5, 5.41) is 8.92. The van der Waals surface area contributed by atoms with Gasteiger partial charge in [-0.25, -0.2) is 0 Å². The van der Waals surface area contributed by atoms with Crippen molar-refractivity contribution in [1.29, 1.82) is 5.26 Å². The zero-order valence-corrected chi connectivity index (χ0v) is 14.5. The SMILES string of the molecule is N#Cc1ccc(CN2CC[C@@H]3OCCN(C(=O)c4ccco4)[C@H]3C2)cc1. The lowest BCUT2D eigenvalue weighted by Gasteiger charge is -2.46. The first-order valence-electron chi connectivity index (χ1n) is 8.92. The summed E-state index contributed by atoms with van der Waals surface area (Å²) in [4.78, 5) is 17.0. The van der Waals surface area contributed by atoms with Gasteiger partial charge in [0.1, 0.15) is 0 Å². The number of nitriles is 1. The Morgan fingerprint density at radius 3 is 2.81 bits per heavy atom. The maximum absolute atomic E-state index is 12.8. The van der Waals surface area contributed by atoms with Crippen LogP contribution in [0.3, 0.4) is 0 Å². The van der Waals surface area contributed by atoms with Crippen molar-refractivity contribution in [2.45, 2.75) is 25.1 Å². The van der Waals surface area contributed by atoms with Crippen molar-refractivity contribution >= 4 is 5.91 Å². The van der Waals surface area contributed by atoms with Crippen LogP contribution >= 0.6 is 0 Å². The van der Waals surface area contributed by atoms with Gasteiger partial charge >= 0.3 is 0 Å². The van der Waals surface area contributed by atoms with Gasteiger partial charge in [-0.3, -0.25) is 9.69 Å². The summed E-state index contributed by atoms with van der Waals surface area (Å²) in [6.07, 6.45) is 2.52. The molecule has 0 radical (unpaired) electrons. The van der Waals surface area contributed by atoms with E-state index in [9.17, 15) is 4.79 Å². The van der Waals surface area contributed by atoms with Gasteiger partial charge < -0.3 is 14.1 Å². The number of furan rings is 1. The van der Waals surface area contributed by atoms with E-state index in [4.69, 9.17) is 14.4 Å². The number of benzene rings is 1. The summed E-state index contributed by atoms with van der Waals surface area (Å²) in [6, 6.07) is 13.3. The molecule has 0 N–H and O–H groups in total. The summed E-state index contributed by atoms with van der Waals surface area (Å²) in [6.45, 7) is 3.67. The highest BCUT2D eigenvalue weighted by Gasteiger charge is 2.40. The average molecular weight is 351 g/mol. The molecule has 2 aromatic rings. The molecule has 2 saturated heterocycles. The predicted molar refractivity (Wildman–Crippen MR) is 94.3 cm³/mol. The third kappa shape index (κ3) is 3.36. The van der Waals surface area contributed by atoms with Crippen molar-refractivity contribution in [2.75, 3.05) is 26.2 Å². The van der Waals surface area contributed by atoms with Gasteiger partial charge in [-0.1, -0.05) is 12.1 Å². The number of rotatable bonds is 3. The molecule has 2 aliphatic rings. The predicted octanol–water partition coefficient (Wildman–Crippen LogP) is 2.27. The van der Waals surface area contributed by atoms with Gasteiger partial charge in [-0.15, -0.1) is 0 Å². The number of carbonyl (C=O) groups excluding carboxylic acids is 1. The summed E-state index contributed by atoms with van der Waals surface area (Å²) in [7, 11) is 0. The Kier molecular flexibility index (Phi) is 4.74. The number of nitrogens with zero attached hydrogens (tertiary/aromatic N) is 3. The molecule has 6 heteroatoms. The molecule has 0 bridgehead atoms. The smallest absolute Gasteiger partial charge is 0.290 e. The second-order valence-corrected chi connectivity index (χ2v) is 6.78. The number of ether oxygens (including phenoxy) is 1. The fourth-order valence-corrected chi connectivity index (χ4v) is 3.82. The number of hydrogen-bond donors (Lipinski definition) is 0. The van der Waals surface area contributed by atoms with Crippen molar-refractivity contribution in [3.8, 4) is 6.07 Å². The molecule has 134 valence electrons. The fourth-order valence-electron chi connectivity index (χ4n) is 3.82. The maximum atomic E-state index is 12.8. The van der Waals surface area contributed by atoms with E-state index in [-0.39, 0.29) is 18.1 Å². The van der Waals surface area contributed by atoms with Gasteiger partial charge in [0, 0.05) is 26.2 Å². The van der Waals surface area contributed by atoms with E-state index < -0.39 is 0 Å². The first-order chi connectivity index (χ1) is 12.7. The monoisotopic (exact) mass is 351 g/mol. The number of morpholine rings is 1. The van der Waals surface area contributed by atoms with Crippen LogP contribution in [-0.2, 0) is 11.3 Å². The zero-order valence-electron chi connectivity index (χ0n) is 14.5. The molecule has 4 rings (SSSR count). The maximum Gasteiger partial charge on any atom is 0.290 e. The van der Waals surface area contributed by atoms with E-state index in [0.29, 0.717) is 24.5 Å². The molecular formula is C20H21N3O3. The molecule has 1 amide bonds. The third-order valence-corrected chi connectivity index (χ3v) is 5.15. The van der Waals surface area contributed by atoms with Crippen LogP contribution in [0, 0.1) is 11.3 Å². The quantitative estimate of drug-likeness (QED) is 0.848. The Hall–Kier alpha value is -2.62. The first kappa shape index (κ1) is 16.8. The molecule has 2 atom stereocenters. The van der Waals surface area contributed by atoms with Crippen LogP contribution < -0.4 is 0 Å². The number of likely N-dealkylation sites (tertiary alicyclic amines) is 1. The molecule has 1 aromatic heterocycles. The molecule has 1 aromatic carbocycles. The lowest BCUT2D eigenvalue weighted by Crippen LogP contribution is -2.61. The van der Waals surface area contributed by atoms with Gasteiger partial charge in [-0.2, -0.15) is 5.26 Å². The molecular weight excluding hydrogens is 330 g/mol. The number of amides is 1. The summed E-state index contributed by atoms with van der Waals surface area (Å²) < 4.78 is 11.2. The topological polar surface area (TPSA) is 69.7 Å². The first-order valence-corrected chi connectivity index (χ1v) is 8.92. The van der Waals surface area contributed by atoms with Crippen LogP contribution in [0.15, 0.2) is 47.1 Å².